The van der Waals surface area contributed by atoms with Crippen LogP contribution >= 0.6 is 0 Å². The summed E-state index contributed by atoms with van der Waals surface area (Å²) in [5.74, 6) is 0.940. The molecule has 1 fully saturated rings. The number of likely N-dealkylation sites (tertiary alicyclic amines) is 1. The standard InChI is InChI=1S/C21H20FN3O3/c1-27-17-10-8-14(9-11-17)19-23-20(28-24-19)18-7-2-3-12-25(18)21(26)15-5-4-6-16(22)13-15/h4-6,8-11,13,18H,2-3,7,12H2,1H3. The average Bonchev–Trinajstić information content (AvgIpc) is 3.23. The summed E-state index contributed by atoms with van der Waals surface area (Å²) in [5.41, 5.74) is 1.12. The highest BCUT2D eigenvalue weighted by atomic mass is 19.1. The van der Waals surface area contributed by atoms with Crippen molar-refractivity contribution in [2.45, 2.75) is 25.3 Å². The first kappa shape index (κ1) is 18.2. The maximum atomic E-state index is 13.5. The normalized spacial score (nSPS) is 16.8. The monoisotopic (exact) mass is 381 g/mol. The van der Waals surface area contributed by atoms with Gasteiger partial charge in [0.2, 0.25) is 11.7 Å². The largest absolute Gasteiger partial charge is 0.497 e. The molecule has 0 spiro atoms. The molecule has 3 aromatic rings. The van der Waals surface area contributed by atoms with Gasteiger partial charge in [0.05, 0.1) is 7.11 Å². The van der Waals surface area contributed by atoms with Crippen molar-refractivity contribution < 1.29 is 18.4 Å². The van der Waals surface area contributed by atoms with Crippen molar-refractivity contribution >= 4 is 5.91 Å². The first-order valence-corrected chi connectivity index (χ1v) is 9.20. The third kappa shape index (κ3) is 3.60. The first-order chi connectivity index (χ1) is 13.7. The summed E-state index contributed by atoms with van der Waals surface area (Å²) < 4.78 is 24.2. The Balaban J connectivity index is 1.59. The molecule has 2 heterocycles. The van der Waals surface area contributed by atoms with Gasteiger partial charge in [0, 0.05) is 17.7 Å². The summed E-state index contributed by atoms with van der Waals surface area (Å²) in [5, 5.41) is 4.07. The van der Waals surface area contributed by atoms with Crippen LogP contribution in [0, 0.1) is 5.82 Å². The molecular weight excluding hydrogens is 361 g/mol. The SMILES string of the molecule is COc1ccc(-c2noc(C3CCCCN3C(=O)c3cccc(F)c3)n2)cc1. The van der Waals surface area contributed by atoms with Crippen molar-refractivity contribution in [1.82, 2.24) is 15.0 Å². The number of hydrogen-bond acceptors (Lipinski definition) is 5. The number of rotatable bonds is 4. The number of amides is 1. The van der Waals surface area contributed by atoms with Gasteiger partial charge in [-0.15, -0.1) is 0 Å². The smallest absolute Gasteiger partial charge is 0.254 e. The average molecular weight is 381 g/mol. The van der Waals surface area contributed by atoms with Gasteiger partial charge >= 0.3 is 0 Å². The predicted molar refractivity (Wildman–Crippen MR) is 100 cm³/mol. The second-order valence-electron chi connectivity index (χ2n) is 6.71. The molecule has 0 N–H and O–H groups in total. The van der Waals surface area contributed by atoms with Crippen LogP contribution in [0.1, 0.15) is 41.6 Å². The van der Waals surface area contributed by atoms with Crippen LogP contribution in [0.15, 0.2) is 53.1 Å². The summed E-state index contributed by atoms with van der Waals surface area (Å²) in [6, 6.07) is 12.8. The van der Waals surface area contributed by atoms with E-state index in [1.807, 2.05) is 24.3 Å². The van der Waals surface area contributed by atoms with E-state index >= 15 is 0 Å². The minimum atomic E-state index is -0.431. The molecule has 6 nitrogen and oxygen atoms in total. The Bertz CT molecular complexity index is 971. The molecule has 2 aromatic carbocycles. The molecule has 1 unspecified atom stereocenters. The van der Waals surface area contributed by atoms with E-state index in [4.69, 9.17) is 9.26 Å². The lowest BCUT2D eigenvalue weighted by atomic mass is 10.0. The van der Waals surface area contributed by atoms with E-state index < -0.39 is 5.82 Å². The summed E-state index contributed by atoms with van der Waals surface area (Å²) >= 11 is 0. The molecule has 1 aliphatic heterocycles. The van der Waals surface area contributed by atoms with Crippen LogP contribution < -0.4 is 4.74 Å². The molecule has 0 saturated carbocycles. The van der Waals surface area contributed by atoms with Crippen LogP contribution in [-0.2, 0) is 0 Å². The second kappa shape index (κ2) is 7.80. The zero-order valence-corrected chi connectivity index (χ0v) is 15.5. The molecule has 28 heavy (non-hydrogen) atoms. The lowest BCUT2D eigenvalue weighted by Gasteiger charge is -2.33. The number of piperidine rings is 1. The van der Waals surface area contributed by atoms with Gasteiger partial charge in [-0.3, -0.25) is 4.79 Å². The topological polar surface area (TPSA) is 68.5 Å². The molecule has 7 heteroatoms. The molecule has 1 aliphatic rings. The maximum absolute atomic E-state index is 13.5. The molecule has 0 bridgehead atoms. The number of nitrogens with zero attached hydrogens (tertiary/aromatic N) is 3. The number of carbonyl (C=O) groups excluding carboxylic acids is 1. The minimum Gasteiger partial charge on any atom is -0.497 e. The van der Waals surface area contributed by atoms with Gasteiger partial charge in [-0.05, 0) is 61.7 Å². The van der Waals surface area contributed by atoms with Crippen LogP contribution in [-0.4, -0.2) is 34.6 Å². The number of benzene rings is 2. The third-order valence-corrected chi connectivity index (χ3v) is 4.91. The van der Waals surface area contributed by atoms with Gasteiger partial charge in [-0.1, -0.05) is 11.2 Å². The molecule has 0 aliphatic carbocycles. The maximum Gasteiger partial charge on any atom is 0.254 e. The second-order valence-corrected chi connectivity index (χ2v) is 6.71. The predicted octanol–water partition coefficient (Wildman–Crippen LogP) is 4.25. The summed E-state index contributed by atoms with van der Waals surface area (Å²) in [7, 11) is 1.61. The Hall–Kier alpha value is -3.22. The van der Waals surface area contributed by atoms with Crippen molar-refractivity contribution in [3.05, 3.63) is 65.8 Å². The Kier molecular flexibility index (Phi) is 5.06. The van der Waals surface area contributed by atoms with Crippen LogP contribution in [0.5, 0.6) is 5.75 Å². The van der Waals surface area contributed by atoms with Crippen molar-refractivity contribution in [2.75, 3.05) is 13.7 Å². The van der Waals surface area contributed by atoms with Crippen molar-refractivity contribution in [2.24, 2.45) is 0 Å². The van der Waals surface area contributed by atoms with Gasteiger partial charge in [-0.2, -0.15) is 4.98 Å². The summed E-state index contributed by atoms with van der Waals surface area (Å²) in [6.07, 6.45) is 2.57. The van der Waals surface area contributed by atoms with Crippen molar-refractivity contribution in [1.29, 1.82) is 0 Å². The Morgan fingerprint density at radius 3 is 2.79 bits per heavy atom. The number of aromatic nitrogens is 2. The van der Waals surface area contributed by atoms with E-state index in [1.54, 1.807) is 18.1 Å². The van der Waals surface area contributed by atoms with Crippen LogP contribution in [0.2, 0.25) is 0 Å². The van der Waals surface area contributed by atoms with Crippen LogP contribution in [0.3, 0.4) is 0 Å². The molecule has 1 atom stereocenters. The lowest BCUT2D eigenvalue weighted by Crippen LogP contribution is -2.38. The molecule has 144 valence electrons. The Labute approximate surface area is 161 Å². The molecule has 1 aromatic heterocycles. The Morgan fingerprint density at radius 1 is 1.21 bits per heavy atom. The number of ether oxygens (including phenoxy) is 1. The molecule has 1 amide bonds. The first-order valence-electron chi connectivity index (χ1n) is 9.20. The molecular formula is C21H20FN3O3. The highest BCUT2D eigenvalue weighted by Gasteiger charge is 2.33. The molecule has 4 rings (SSSR count). The minimum absolute atomic E-state index is 0.228. The van der Waals surface area contributed by atoms with Crippen molar-refractivity contribution in [3.63, 3.8) is 0 Å². The third-order valence-electron chi connectivity index (χ3n) is 4.91. The fourth-order valence-electron chi connectivity index (χ4n) is 3.45. The zero-order chi connectivity index (χ0) is 19.5. The fourth-order valence-corrected chi connectivity index (χ4v) is 3.45. The highest BCUT2D eigenvalue weighted by molar-refractivity contribution is 5.94. The number of hydrogen-bond donors (Lipinski definition) is 0. The Morgan fingerprint density at radius 2 is 2.04 bits per heavy atom. The number of halogens is 1. The molecule has 0 radical (unpaired) electrons. The van der Waals surface area contributed by atoms with Gasteiger partial charge in [0.15, 0.2) is 0 Å². The van der Waals surface area contributed by atoms with Gasteiger partial charge < -0.3 is 14.2 Å². The number of methoxy groups -OCH3 is 1. The van der Waals surface area contributed by atoms with E-state index in [0.29, 0.717) is 23.8 Å². The van der Waals surface area contributed by atoms with Crippen LogP contribution in [0.4, 0.5) is 4.39 Å². The molecule has 1 saturated heterocycles. The van der Waals surface area contributed by atoms with Gasteiger partial charge in [0.1, 0.15) is 17.6 Å². The van der Waals surface area contributed by atoms with Crippen LogP contribution in [0.25, 0.3) is 11.4 Å². The lowest BCUT2D eigenvalue weighted by molar-refractivity contribution is 0.0561. The van der Waals surface area contributed by atoms with E-state index in [9.17, 15) is 9.18 Å². The fraction of sp³-hybridized carbons (Fsp3) is 0.286. The van der Waals surface area contributed by atoms with E-state index in [2.05, 4.69) is 10.1 Å². The number of carbonyl (C=O) groups is 1. The van der Waals surface area contributed by atoms with Crippen molar-refractivity contribution in [3.8, 4) is 17.1 Å². The van der Waals surface area contributed by atoms with E-state index in [-0.39, 0.29) is 11.9 Å². The van der Waals surface area contributed by atoms with E-state index in [0.717, 1.165) is 30.6 Å². The highest BCUT2D eigenvalue weighted by Crippen LogP contribution is 2.32. The summed E-state index contributed by atoms with van der Waals surface area (Å²) in [6.45, 7) is 0.570. The van der Waals surface area contributed by atoms with Gasteiger partial charge in [-0.25, -0.2) is 4.39 Å². The van der Waals surface area contributed by atoms with E-state index in [1.165, 1.54) is 18.2 Å². The van der Waals surface area contributed by atoms with Gasteiger partial charge in [0.25, 0.3) is 5.91 Å². The quantitative estimate of drug-likeness (QED) is 0.676. The summed E-state index contributed by atoms with van der Waals surface area (Å²) in [4.78, 5) is 19.2. The zero-order valence-electron chi connectivity index (χ0n) is 15.5.